The SMILES string of the molecule is CCOC(=O)C(=NNc1ccccc1Cl)Sc1nnc(-c2ccccc2)n1-c1ccccc1. The van der Waals surface area contributed by atoms with Gasteiger partial charge in [0.05, 0.1) is 17.3 Å². The van der Waals surface area contributed by atoms with Crippen LogP contribution in [-0.2, 0) is 9.53 Å². The zero-order valence-corrected chi connectivity index (χ0v) is 19.3. The summed E-state index contributed by atoms with van der Waals surface area (Å²) in [6.07, 6.45) is 0. The van der Waals surface area contributed by atoms with Crippen molar-refractivity contribution in [2.45, 2.75) is 12.1 Å². The third-order valence-corrected chi connectivity index (χ3v) is 5.70. The number of hydrogen-bond donors (Lipinski definition) is 1. The summed E-state index contributed by atoms with van der Waals surface area (Å²) in [5.41, 5.74) is 5.16. The summed E-state index contributed by atoms with van der Waals surface area (Å²) in [6, 6.07) is 26.5. The predicted octanol–water partition coefficient (Wildman–Crippen LogP) is 5.67. The van der Waals surface area contributed by atoms with E-state index in [9.17, 15) is 4.79 Å². The normalized spacial score (nSPS) is 11.3. The molecule has 7 nitrogen and oxygen atoms in total. The highest BCUT2D eigenvalue weighted by atomic mass is 35.5. The van der Waals surface area contributed by atoms with E-state index in [1.165, 1.54) is 0 Å². The molecule has 0 amide bonds. The van der Waals surface area contributed by atoms with Gasteiger partial charge in [0.1, 0.15) is 0 Å². The maximum Gasteiger partial charge on any atom is 0.365 e. The number of para-hydroxylation sites is 2. The largest absolute Gasteiger partial charge is 0.461 e. The first-order valence-corrected chi connectivity index (χ1v) is 11.4. The third-order valence-electron chi connectivity index (χ3n) is 4.47. The summed E-state index contributed by atoms with van der Waals surface area (Å²) in [4.78, 5) is 12.7. The maximum atomic E-state index is 12.7. The highest BCUT2D eigenvalue weighted by Gasteiger charge is 2.22. The van der Waals surface area contributed by atoms with Crippen molar-refractivity contribution < 1.29 is 9.53 Å². The Labute approximate surface area is 200 Å². The number of nitrogens with zero attached hydrogens (tertiary/aromatic N) is 4. The first-order chi connectivity index (χ1) is 16.2. The van der Waals surface area contributed by atoms with Crippen LogP contribution >= 0.6 is 23.4 Å². The molecule has 0 spiro atoms. The molecule has 0 fully saturated rings. The average molecular weight is 478 g/mol. The topological polar surface area (TPSA) is 81.4 Å². The molecule has 1 heterocycles. The number of carbonyl (C=O) groups is 1. The molecule has 0 aliphatic rings. The highest BCUT2D eigenvalue weighted by Crippen LogP contribution is 2.29. The molecule has 0 unspecified atom stereocenters. The fourth-order valence-electron chi connectivity index (χ4n) is 2.97. The lowest BCUT2D eigenvalue weighted by Gasteiger charge is -2.11. The van der Waals surface area contributed by atoms with Crippen molar-refractivity contribution in [3.05, 3.63) is 90.0 Å². The standard InChI is InChI=1S/C24H20ClN5O2S/c1-2-32-23(31)22(28-26-20-16-10-9-15-19(20)25)33-24-29-27-21(17-11-5-3-6-12-17)30(24)18-13-7-4-8-14-18/h3-16,26H,2H2,1H3. The molecule has 0 saturated heterocycles. The second-order valence-electron chi connectivity index (χ2n) is 6.67. The second-order valence-corrected chi connectivity index (χ2v) is 8.04. The number of thioether (sulfide) groups is 1. The molecule has 33 heavy (non-hydrogen) atoms. The Kier molecular flexibility index (Phi) is 7.39. The van der Waals surface area contributed by atoms with Gasteiger partial charge in [-0.05, 0) is 43.0 Å². The number of esters is 1. The lowest BCUT2D eigenvalue weighted by molar-refractivity contribution is -0.134. The third kappa shape index (κ3) is 5.42. The molecule has 0 radical (unpaired) electrons. The number of aromatic nitrogens is 3. The fourth-order valence-corrected chi connectivity index (χ4v) is 3.92. The van der Waals surface area contributed by atoms with E-state index in [2.05, 4.69) is 20.7 Å². The molecule has 1 aromatic heterocycles. The van der Waals surface area contributed by atoms with Crippen LogP contribution < -0.4 is 5.43 Å². The summed E-state index contributed by atoms with van der Waals surface area (Å²) in [6.45, 7) is 1.95. The molecule has 9 heteroatoms. The molecule has 0 aliphatic carbocycles. The average Bonchev–Trinajstić information content (AvgIpc) is 3.27. The summed E-state index contributed by atoms with van der Waals surface area (Å²) < 4.78 is 7.09. The van der Waals surface area contributed by atoms with E-state index in [0.717, 1.165) is 23.0 Å². The molecule has 4 aromatic rings. The fraction of sp³-hybridized carbons (Fsp3) is 0.0833. The molecule has 0 bridgehead atoms. The van der Waals surface area contributed by atoms with Crippen LogP contribution in [0.25, 0.3) is 17.1 Å². The molecule has 0 aliphatic heterocycles. The molecular weight excluding hydrogens is 458 g/mol. The van der Waals surface area contributed by atoms with Crippen molar-refractivity contribution in [2.75, 3.05) is 12.0 Å². The van der Waals surface area contributed by atoms with Crippen molar-refractivity contribution in [2.24, 2.45) is 5.10 Å². The maximum absolute atomic E-state index is 12.7. The Balaban J connectivity index is 1.74. The van der Waals surface area contributed by atoms with E-state index in [1.807, 2.05) is 77.4 Å². The summed E-state index contributed by atoms with van der Waals surface area (Å²) >= 11 is 7.26. The number of benzene rings is 3. The molecule has 4 rings (SSSR count). The van der Waals surface area contributed by atoms with E-state index < -0.39 is 5.97 Å². The number of anilines is 1. The van der Waals surface area contributed by atoms with Crippen molar-refractivity contribution in [3.63, 3.8) is 0 Å². The number of ether oxygens (including phenoxy) is 1. The summed E-state index contributed by atoms with van der Waals surface area (Å²) in [5.74, 6) is 0.0671. The second kappa shape index (κ2) is 10.8. The van der Waals surface area contributed by atoms with Gasteiger partial charge in [0.15, 0.2) is 5.82 Å². The van der Waals surface area contributed by atoms with Crippen LogP contribution in [0.1, 0.15) is 6.92 Å². The van der Waals surface area contributed by atoms with Gasteiger partial charge in [-0.15, -0.1) is 10.2 Å². The van der Waals surface area contributed by atoms with Crippen LogP contribution in [0.2, 0.25) is 5.02 Å². The van der Waals surface area contributed by atoms with Crippen LogP contribution in [0.15, 0.2) is 95.2 Å². The number of rotatable bonds is 6. The number of hydrogen-bond acceptors (Lipinski definition) is 7. The monoisotopic (exact) mass is 477 g/mol. The van der Waals surface area contributed by atoms with Crippen LogP contribution in [0.4, 0.5) is 5.69 Å². The Morgan fingerprint density at radius 3 is 2.36 bits per heavy atom. The van der Waals surface area contributed by atoms with Gasteiger partial charge < -0.3 is 4.74 Å². The Morgan fingerprint density at radius 2 is 1.67 bits per heavy atom. The molecular formula is C24H20ClN5O2S. The van der Waals surface area contributed by atoms with Gasteiger partial charge in [0, 0.05) is 11.3 Å². The van der Waals surface area contributed by atoms with Gasteiger partial charge in [-0.2, -0.15) is 5.10 Å². The lowest BCUT2D eigenvalue weighted by Crippen LogP contribution is -2.17. The van der Waals surface area contributed by atoms with E-state index >= 15 is 0 Å². The Morgan fingerprint density at radius 1 is 1.00 bits per heavy atom. The summed E-state index contributed by atoms with van der Waals surface area (Å²) in [7, 11) is 0. The lowest BCUT2D eigenvalue weighted by atomic mass is 10.2. The molecule has 0 saturated carbocycles. The number of hydrazone groups is 1. The van der Waals surface area contributed by atoms with Crippen molar-refractivity contribution in [1.82, 2.24) is 14.8 Å². The number of halogens is 1. The van der Waals surface area contributed by atoms with Gasteiger partial charge in [0.2, 0.25) is 10.2 Å². The van der Waals surface area contributed by atoms with Crippen LogP contribution in [0.3, 0.4) is 0 Å². The van der Waals surface area contributed by atoms with E-state index in [0.29, 0.717) is 21.7 Å². The summed E-state index contributed by atoms with van der Waals surface area (Å²) in [5, 5.41) is 14.0. The van der Waals surface area contributed by atoms with Gasteiger partial charge in [-0.25, -0.2) is 4.79 Å². The van der Waals surface area contributed by atoms with Crippen LogP contribution in [0.5, 0.6) is 0 Å². The van der Waals surface area contributed by atoms with Crippen molar-refractivity contribution in [1.29, 1.82) is 0 Å². The zero-order chi connectivity index (χ0) is 23.0. The Bertz CT molecular complexity index is 1260. The minimum Gasteiger partial charge on any atom is -0.461 e. The number of nitrogens with one attached hydrogen (secondary N) is 1. The van der Waals surface area contributed by atoms with Gasteiger partial charge in [0.25, 0.3) is 0 Å². The van der Waals surface area contributed by atoms with Crippen LogP contribution in [-0.4, -0.2) is 32.4 Å². The number of carbonyl (C=O) groups excluding carboxylic acids is 1. The first kappa shape index (κ1) is 22.6. The van der Waals surface area contributed by atoms with Gasteiger partial charge >= 0.3 is 5.97 Å². The van der Waals surface area contributed by atoms with E-state index in [1.54, 1.807) is 19.1 Å². The zero-order valence-electron chi connectivity index (χ0n) is 17.7. The minimum absolute atomic E-state index is 0.0703. The van der Waals surface area contributed by atoms with Gasteiger partial charge in [-0.3, -0.25) is 9.99 Å². The quantitative estimate of drug-likeness (QED) is 0.127. The molecule has 0 atom stereocenters. The smallest absolute Gasteiger partial charge is 0.365 e. The predicted molar refractivity (Wildman–Crippen MR) is 132 cm³/mol. The van der Waals surface area contributed by atoms with Crippen molar-refractivity contribution >= 4 is 40.1 Å². The van der Waals surface area contributed by atoms with E-state index in [-0.39, 0.29) is 11.7 Å². The molecule has 1 N–H and O–H groups in total. The highest BCUT2D eigenvalue weighted by molar-refractivity contribution is 8.15. The minimum atomic E-state index is -0.578. The molecule has 166 valence electrons. The van der Waals surface area contributed by atoms with Gasteiger partial charge in [-0.1, -0.05) is 72.3 Å². The van der Waals surface area contributed by atoms with Crippen LogP contribution in [0, 0.1) is 0 Å². The van der Waals surface area contributed by atoms with E-state index in [4.69, 9.17) is 16.3 Å². The Hall–Kier alpha value is -3.62. The molecule has 3 aromatic carbocycles. The van der Waals surface area contributed by atoms with Crippen molar-refractivity contribution in [3.8, 4) is 17.1 Å². The first-order valence-electron chi connectivity index (χ1n) is 10.2.